The van der Waals surface area contributed by atoms with Crippen molar-refractivity contribution in [3.05, 3.63) is 82.0 Å². The lowest BCUT2D eigenvalue weighted by Gasteiger charge is -2.19. The van der Waals surface area contributed by atoms with E-state index in [-0.39, 0.29) is 5.91 Å². The van der Waals surface area contributed by atoms with Gasteiger partial charge in [0, 0.05) is 0 Å². The molecule has 2 aromatic carbocycles. The quantitative estimate of drug-likeness (QED) is 0.478. The van der Waals surface area contributed by atoms with Crippen molar-refractivity contribution in [3.63, 3.8) is 0 Å². The number of benzene rings is 2. The number of carbonyl (C=O) groups is 1. The van der Waals surface area contributed by atoms with Crippen LogP contribution in [0.1, 0.15) is 20.8 Å². The lowest BCUT2D eigenvalue weighted by Crippen LogP contribution is -2.29. The number of aryl methyl sites for hydroxylation is 1. The molecule has 0 aliphatic carbocycles. The molecule has 0 unspecified atom stereocenters. The van der Waals surface area contributed by atoms with E-state index >= 15 is 0 Å². The number of amides is 1. The maximum atomic E-state index is 13.1. The first kappa shape index (κ1) is 16.0. The van der Waals surface area contributed by atoms with Crippen LogP contribution in [0.4, 0.5) is 5.13 Å². The minimum absolute atomic E-state index is 0.00411. The van der Waals surface area contributed by atoms with E-state index in [9.17, 15) is 4.79 Å². The molecule has 5 heteroatoms. The second-order valence-electron chi connectivity index (χ2n) is 5.77. The number of para-hydroxylation sites is 1. The smallest absolute Gasteiger partial charge is 0.270 e. The van der Waals surface area contributed by atoms with Crippen LogP contribution in [0.5, 0.6) is 0 Å². The van der Waals surface area contributed by atoms with E-state index < -0.39 is 0 Å². The summed E-state index contributed by atoms with van der Waals surface area (Å²) in [6.45, 7) is 2.56. The fourth-order valence-corrected chi connectivity index (χ4v) is 4.43. The Balaban J connectivity index is 1.78. The number of hydrogen-bond donors (Lipinski definition) is 0. The average molecular weight is 364 g/mol. The fraction of sp³-hybridized carbons (Fsp3) is 0.100. The van der Waals surface area contributed by atoms with Crippen molar-refractivity contribution >= 4 is 43.9 Å². The molecule has 0 saturated heterocycles. The predicted molar refractivity (Wildman–Crippen MR) is 106 cm³/mol. The Morgan fingerprint density at radius 3 is 2.60 bits per heavy atom. The lowest BCUT2D eigenvalue weighted by molar-refractivity contribution is 0.0989. The summed E-state index contributed by atoms with van der Waals surface area (Å²) in [7, 11) is 0. The average Bonchev–Trinajstić information content (AvgIpc) is 3.30. The highest BCUT2D eigenvalue weighted by Gasteiger charge is 2.22. The minimum atomic E-state index is -0.00411. The molecule has 3 nitrogen and oxygen atoms in total. The van der Waals surface area contributed by atoms with Gasteiger partial charge < -0.3 is 0 Å². The molecule has 0 aliphatic heterocycles. The summed E-state index contributed by atoms with van der Waals surface area (Å²) >= 11 is 3.02. The van der Waals surface area contributed by atoms with E-state index in [1.807, 2.05) is 53.9 Å². The molecule has 0 atom stereocenters. The van der Waals surface area contributed by atoms with Gasteiger partial charge in [0.05, 0.1) is 21.6 Å². The third kappa shape index (κ3) is 3.21. The molecule has 0 bridgehead atoms. The van der Waals surface area contributed by atoms with Gasteiger partial charge in [0.2, 0.25) is 0 Å². The highest BCUT2D eigenvalue weighted by molar-refractivity contribution is 7.22. The van der Waals surface area contributed by atoms with Crippen LogP contribution < -0.4 is 4.90 Å². The summed E-state index contributed by atoms with van der Waals surface area (Å²) in [4.78, 5) is 20.4. The zero-order valence-corrected chi connectivity index (χ0v) is 15.3. The van der Waals surface area contributed by atoms with Crippen molar-refractivity contribution in [2.75, 3.05) is 4.90 Å². The van der Waals surface area contributed by atoms with Gasteiger partial charge in [0.25, 0.3) is 5.91 Å². The van der Waals surface area contributed by atoms with E-state index in [2.05, 4.69) is 19.1 Å². The van der Waals surface area contributed by atoms with E-state index in [1.54, 1.807) is 16.2 Å². The van der Waals surface area contributed by atoms with Gasteiger partial charge in [-0.2, -0.15) is 0 Å². The Kier molecular flexibility index (Phi) is 4.34. The van der Waals surface area contributed by atoms with Crippen molar-refractivity contribution in [1.82, 2.24) is 4.98 Å². The first-order valence-electron chi connectivity index (χ1n) is 7.98. The molecule has 2 aromatic heterocycles. The van der Waals surface area contributed by atoms with Gasteiger partial charge in [-0.25, -0.2) is 4.98 Å². The van der Waals surface area contributed by atoms with E-state index in [1.165, 1.54) is 11.3 Å². The van der Waals surface area contributed by atoms with Gasteiger partial charge in [-0.15, -0.1) is 11.3 Å². The number of hydrogen-bond acceptors (Lipinski definition) is 4. The molecule has 1 amide bonds. The number of carbonyl (C=O) groups excluding carboxylic acids is 1. The Hall–Kier alpha value is -2.50. The van der Waals surface area contributed by atoms with Gasteiger partial charge in [-0.3, -0.25) is 9.69 Å². The number of thiazole rings is 1. The second kappa shape index (κ2) is 6.78. The first-order chi connectivity index (χ1) is 12.2. The number of nitrogens with zero attached hydrogens (tertiary/aromatic N) is 2. The van der Waals surface area contributed by atoms with E-state index in [4.69, 9.17) is 4.98 Å². The van der Waals surface area contributed by atoms with Crippen LogP contribution in [0.3, 0.4) is 0 Å². The number of thiophene rings is 1. The molecule has 0 radical (unpaired) electrons. The summed E-state index contributed by atoms with van der Waals surface area (Å²) < 4.78 is 1.10. The number of anilines is 1. The highest BCUT2D eigenvalue weighted by atomic mass is 32.1. The molecule has 4 aromatic rings. The number of aromatic nitrogens is 1. The molecule has 2 heterocycles. The maximum absolute atomic E-state index is 13.1. The number of fused-ring (bicyclic) bond motifs is 1. The molecule has 0 spiro atoms. The van der Waals surface area contributed by atoms with Gasteiger partial charge in [-0.05, 0) is 35.6 Å². The van der Waals surface area contributed by atoms with Crippen LogP contribution in [-0.2, 0) is 6.54 Å². The Labute approximate surface area is 154 Å². The largest absolute Gasteiger partial charge is 0.279 e. The van der Waals surface area contributed by atoms with Crippen molar-refractivity contribution in [3.8, 4) is 0 Å². The van der Waals surface area contributed by atoms with Gasteiger partial charge in [0.15, 0.2) is 5.13 Å². The summed E-state index contributed by atoms with van der Waals surface area (Å²) in [5.41, 5.74) is 3.19. The molecule has 25 heavy (non-hydrogen) atoms. The summed E-state index contributed by atoms with van der Waals surface area (Å²) in [6, 6.07) is 19.9. The third-order valence-corrected chi connectivity index (χ3v) is 5.90. The first-order valence-corrected chi connectivity index (χ1v) is 9.67. The van der Waals surface area contributed by atoms with E-state index in [0.717, 1.165) is 31.4 Å². The fourth-order valence-electron chi connectivity index (χ4n) is 2.72. The Morgan fingerprint density at radius 1 is 1.04 bits per heavy atom. The van der Waals surface area contributed by atoms with Crippen LogP contribution in [0.15, 0.2) is 66.0 Å². The molecule has 0 fully saturated rings. The maximum Gasteiger partial charge on any atom is 0.270 e. The van der Waals surface area contributed by atoms with Crippen molar-refractivity contribution in [1.29, 1.82) is 0 Å². The van der Waals surface area contributed by atoms with Crippen LogP contribution in [0, 0.1) is 6.92 Å². The molecular formula is C20H16N2OS2. The van der Waals surface area contributed by atoms with Crippen LogP contribution in [-0.4, -0.2) is 10.9 Å². The van der Waals surface area contributed by atoms with Crippen LogP contribution >= 0.6 is 22.7 Å². The second-order valence-corrected chi connectivity index (χ2v) is 7.73. The Bertz CT molecular complexity index is 1010. The summed E-state index contributed by atoms with van der Waals surface area (Å²) in [6.07, 6.45) is 0. The molecule has 0 saturated carbocycles. The minimum Gasteiger partial charge on any atom is -0.279 e. The van der Waals surface area contributed by atoms with Crippen LogP contribution in [0.2, 0.25) is 0 Å². The molecule has 0 N–H and O–H groups in total. The highest BCUT2D eigenvalue weighted by Crippen LogP contribution is 2.32. The summed E-state index contributed by atoms with van der Waals surface area (Å²) in [5.74, 6) is -0.00411. The monoisotopic (exact) mass is 364 g/mol. The summed E-state index contributed by atoms with van der Waals surface area (Å²) in [5, 5.41) is 2.67. The zero-order chi connectivity index (χ0) is 17.2. The molecule has 124 valence electrons. The van der Waals surface area contributed by atoms with Gasteiger partial charge in [0.1, 0.15) is 0 Å². The molecular weight excluding hydrogens is 348 g/mol. The van der Waals surface area contributed by atoms with Crippen LogP contribution in [0.25, 0.3) is 10.2 Å². The standard InChI is InChI=1S/C20H16N2OS2/c1-14-7-5-10-16-18(14)21-20(25-16)22(13-15-8-3-2-4-9-15)19(23)17-11-6-12-24-17/h2-12H,13H2,1H3. The lowest BCUT2D eigenvalue weighted by atomic mass is 10.2. The van der Waals surface area contributed by atoms with Crippen molar-refractivity contribution < 1.29 is 4.79 Å². The molecule has 0 aliphatic rings. The van der Waals surface area contributed by atoms with E-state index in [0.29, 0.717) is 6.54 Å². The normalized spacial score (nSPS) is 10.9. The Morgan fingerprint density at radius 2 is 1.88 bits per heavy atom. The van der Waals surface area contributed by atoms with Crippen molar-refractivity contribution in [2.45, 2.75) is 13.5 Å². The molecule has 4 rings (SSSR count). The number of rotatable bonds is 4. The van der Waals surface area contributed by atoms with Gasteiger partial charge in [-0.1, -0.05) is 59.9 Å². The SMILES string of the molecule is Cc1cccc2sc(N(Cc3ccccc3)C(=O)c3cccs3)nc12. The topological polar surface area (TPSA) is 33.2 Å². The van der Waals surface area contributed by atoms with Gasteiger partial charge >= 0.3 is 0 Å². The zero-order valence-electron chi connectivity index (χ0n) is 13.7. The third-order valence-electron chi connectivity index (χ3n) is 4.00. The van der Waals surface area contributed by atoms with Crippen molar-refractivity contribution in [2.24, 2.45) is 0 Å². The predicted octanol–water partition coefficient (Wildman–Crippen LogP) is 5.51.